The summed E-state index contributed by atoms with van der Waals surface area (Å²) in [5, 5.41) is 5.53. The lowest BCUT2D eigenvalue weighted by Crippen LogP contribution is -2.33. The van der Waals surface area contributed by atoms with E-state index in [1.54, 1.807) is 5.56 Å². The minimum atomic E-state index is 0.757. The topological polar surface area (TPSA) is 3.24 Å². The number of hydrogen-bond acceptors (Lipinski definition) is 1. The first-order chi connectivity index (χ1) is 14.3. The lowest BCUT2D eigenvalue weighted by atomic mass is 9.64. The molecule has 3 atom stereocenters. The molecule has 0 aromatic heterocycles. The Morgan fingerprint density at radius 1 is 0.724 bits per heavy atom. The Morgan fingerprint density at radius 3 is 2.45 bits per heavy atom. The second-order valence-corrected chi connectivity index (χ2v) is 9.02. The largest absolute Gasteiger partial charge is 0.302 e. The summed E-state index contributed by atoms with van der Waals surface area (Å²) >= 11 is 0. The molecule has 0 N–H and O–H groups in total. The summed E-state index contributed by atoms with van der Waals surface area (Å²) in [4.78, 5) is 2.72. The van der Waals surface area contributed by atoms with Crippen molar-refractivity contribution in [2.75, 3.05) is 19.6 Å². The van der Waals surface area contributed by atoms with Crippen LogP contribution < -0.4 is 0 Å². The molecule has 2 fully saturated rings. The SMILES string of the molecule is c1ccc2cc(C3CC4CN(CCc5cccc6ccccc56)CC43)ccc2c1. The molecule has 144 valence electrons. The van der Waals surface area contributed by atoms with Gasteiger partial charge in [-0.15, -0.1) is 0 Å². The first kappa shape index (κ1) is 17.2. The van der Waals surface area contributed by atoms with Gasteiger partial charge in [-0.1, -0.05) is 84.9 Å². The molecule has 3 unspecified atom stereocenters. The van der Waals surface area contributed by atoms with Crippen LogP contribution in [0.25, 0.3) is 21.5 Å². The molecule has 1 nitrogen and oxygen atoms in total. The van der Waals surface area contributed by atoms with E-state index in [0.29, 0.717) is 0 Å². The fourth-order valence-corrected chi connectivity index (χ4v) is 5.79. The normalized spacial score (nSPS) is 23.9. The van der Waals surface area contributed by atoms with Crippen LogP contribution in [0.3, 0.4) is 0 Å². The Labute approximate surface area is 173 Å². The van der Waals surface area contributed by atoms with Gasteiger partial charge in [0.05, 0.1) is 0 Å². The van der Waals surface area contributed by atoms with Gasteiger partial charge in [-0.2, -0.15) is 0 Å². The Balaban J connectivity index is 1.14. The average Bonchev–Trinajstić information content (AvgIpc) is 3.08. The highest BCUT2D eigenvalue weighted by atomic mass is 15.2. The predicted octanol–water partition coefficient (Wildman–Crippen LogP) is 6.27. The highest BCUT2D eigenvalue weighted by molar-refractivity contribution is 5.85. The zero-order chi connectivity index (χ0) is 19.2. The summed E-state index contributed by atoms with van der Waals surface area (Å²) in [6.07, 6.45) is 2.52. The van der Waals surface area contributed by atoms with Gasteiger partial charge in [-0.25, -0.2) is 0 Å². The van der Waals surface area contributed by atoms with Gasteiger partial charge in [0, 0.05) is 19.6 Å². The molecule has 2 aliphatic rings. The zero-order valence-electron chi connectivity index (χ0n) is 16.8. The third kappa shape index (κ3) is 3.05. The van der Waals surface area contributed by atoms with Gasteiger partial charge in [0.2, 0.25) is 0 Å². The van der Waals surface area contributed by atoms with E-state index >= 15 is 0 Å². The Hall–Kier alpha value is -2.64. The molecule has 0 amide bonds. The van der Waals surface area contributed by atoms with Crippen LogP contribution >= 0.6 is 0 Å². The minimum absolute atomic E-state index is 0.757. The molecule has 4 aromatic carbocycles. The molecule has 0 bridgehead atoms. The van der Waals surface area contributed by atoms with Crippen molar-refractivity contribution < 1.29 is 0 Å². The molecule has 1 aliphatic heterocycles. The molecule has 6 rings (SSSR count). The molecule has 1 aliphatic carbocycles. The van der Waals surface area contributed by atoms with Crippen molar-refractivity contribution in [3.05, 3.63) is 96.1 Å². The summed E-state index contributed by atoms with van der Waals surface area (Å²) in [7, 11) is 0. The van der Waals surface area contributed by atoms with E-state index in [0.717, 1.165) is 24.2 Å². The molecule has 0 spiro atoms. The number of fused-ring (bicyclic) bond motifs is 3. The van der Waals surface area contributed by atoms with Crippen LogP contribution in [0.5, 0.6) is 0 Å². The fraction of sp³-hybridized carbons (Fsp3) is 0.286. The predicted molar refractivity (Wildman–Crippen MR) is 122 cm³/mol. The second-order valence-electron chi connectivity index (χ2n) is 9.02. The minimum Gasteiger partial charge on any atom is -0.302 e. The van der Waals surface area contributed by atoms with Crippen molar-refractivity contribution in [3.63, 3.8) is 0 Å². The van der Waals surface area contributed by atoms with E-state index in [2.05, 4.69) is 89.8 Å². The molecule has 1 heteroatoms. The molecular formula is C28H27N. The van der Waals surface area contributed by atoms with Crippen molar-refractivity contribution in [2.45, 2.75) is 18.8 Å². The summed E-state index contributed by atoms with van der Waals surface area (Å²) in [6, 6.07) is 31.4. The number of nitrogens with zero attached hydrogens (tertiary/aromatic N) is 1. The first-order valence-corrected chi connectivity index (χ1v) is 11.0. The fourth-order valence-electron chi connectivity index (χ4n) is 5.79. The zero-order valence-corrected chi connectivity index (χ0v) is 16.8. The summed E-state index contributed by atoms with van der Waals surface area (Å²) < 4.78 is 0. The Bertz CT molecular complexity index is 1170. The van der Waals surface area contributed by atoms with E-state index in [9.17, 15) is 0 Å². The molecule has 1 heterocycles. The van der Waals surface area contributed by atoms with Crippen molar-refractivity contribution in [1.29, 1.82) is 0 Å². The van der Waals surface area contributed by atoms with Crippen LogP contribution in [0, 0.1) is 11.8 Å². The molecule has 29 heavy (non-hydrogen) atoms. The van der Waals surface area contributed by atoms with Crippen molar-refractivity contribution in [3.8, 4) is 0 Å². The maximum atomic E-state index is 2.72. The van der Waals surface area contributed by atoms with Gasteiger partial charge in [-0.3, -0.25) is 0 Å². The van der Waals surface area contributed by atoms with Gasteiger partial charge in [0.15, 0.2) is 0 Å². The average molecular weight is 378 g/mol. The van der Waals surface area contributed by atoms with Gasteiger partial charge in [0.1, 0.15) is 0 Å². The van der Waals surface area contributed by atoms with Crippen LogP contribution in [0.4, 0.5) is 0 Å². The lowest BCUT2D eigenvalue weighted by molar-refractivity contribution is 0.191. The quantitative estimate of drug-likeness (QED) is 0.405. The van der Waals surface area contributed by atoms with Crippen molar-refractivity contribution in [1.82, 2.24) is 4.90 Å². The molecule has 1 saturated heterocycles. The van der Waals surface area contributed by atoms with Crippen molar-refractivity contribution in [2.24, 2.45) is 11.8 Å². The van der Waals surface area contributed by atoms with Gasteiger partial charge in [0.25, 0.3) is 0 Å². The third-order valence-electron chi connectivity index (χ3n) is 7.42. The smallest absolute Gasteiger partial charge is 0.00223 e. The monoisotopic (exact) mass is 377 g/mol. The number of rotatable bonds is 4. The number of likely N-dealkylation sites (tertiary alicyclic amines) is 1. The molecule has 4 aromatic rings. The maximum Gasteiger partial charge on any atom is 0.00223 e. The lowest BCUT2D eigenvalue weighted by Gasteiger charge is -2.40. The molecule has 1 saturated carbocycles. The van der Waals surface area contributed by atoms with E-state index in [4.69, 9.17) is 0 Å². The van der Waals surface area contributed by atoms with Crippen LogP contribution in [0.1, 0.15) is 23.5 Å². The summed E-state index contributed by atoms with van der Waals surface area (Å²) in [5.41, 5.74) is 3.05. The number of hydrogen-bond donors (Lipinski definition) is 0. The Morgan fingerprint density at radius 2 is 1.52 bits per heavy atom. The maximum absolute atomic E-state index is 2.72. The standard InChI is InChI=1S/C28H27N/c1-2-8-23-16-24(13-12-20(23)6-1)27-17-25-18-29(19-28(25)27)15-14-22-10-5-9-21-7-3-4-11-26(21)22/h1-13,16,25,27-28H,14-15,17-19H2. The highest BCUT2D eigenvalue weighted by Crippen LogP contribution is 2.51. The Kier molecular flexibility index (Phi) is 4.16. The number of benzene rings is 4. The summed E-state index contributed by atoms with van der Waals surface area (Å²) in [6.45, 7) is 3.75. The van der Waals surface area contributed by atoms with E-state index in [-0.39, 0.29) is 0 Å². The third-order valence-corrected chi connectivity index (χ3v) is 7.42. The summed E-state index contributed by atoms with van der Waals surface area (Å²) in [5.74, 6) is 2.51. The van der Waals surface area contributed by atoms with Gasteiger partial charge >= 0.3 is 0 Å². The molecule has 0 radical (unpaired) electrons. The van der Waals surface area contributed by atoms with Crippen LogP contribution in [-0.2, 0) is 6.42 Å². The highest BCUT2D eigenvalue weighted by Gasteiger charge is 2.47. The van der Waals surface area contributed by atoms with Gasteiger partial charge < -0.3 is 4.90 Å². The van der Waals surface area contributed by atoms with Crippen LogP contribution in [0.2, 0.25) is 0 Å². The van der Waals surface area contributed by atoms with E-state index in [1.165, 1.54) is 53.2 Å². The van der Waals surface area contributed by atoms with Gasteiger partial charge in [-0.05, 0) is 63.3 Å². The first-order valence-electron chi connectivity index (χ1n) is 11.0. The van der Waals surface area contributed by atoms with Crippen LogP contribution in [-0.4, -0.2) is 24.5 Å². The van der Waals surface area contributed by atoms with E-state index in [1.807, 2.05) is 0 Å². The second kappa shape index (κ2) is 7.00. The van der Waals surface area contributed by atoms with E-state index < -0.39 is 0 Å². The molecular weight excluding hydrogens is 350 g/mol. The van der Waals surface area contributed by atoms with Crippen LogP contribution in [0.15, 0.2) is 84.9 Å². The van der Waals surface area contributed by atoms with Crippen molar-refractivity contribution >= 4 is 21.5 Å².